The van der Waals surface area contributed by atoms with E-state index in [0.29, 0.717) is 49.7 Å². The Morgan fingerprint density at radius 2 is 1.70 bits per heavy atom. The molecule has 0 atom stereocenters. The highest BCUT2D eigenvalue weighted by Crippen LogP contribution is 2.32. The van der Waals surface area contributed by atoms with E-state index in [4.69, 9.17) is 0 Å². The largest absolute Gasteiger partial charge is 0.416 e. The van der Waals surface area contributed by atoms with Crippen LogP contribution in [0.15, 0.2) is 48.5 Å². The number of nitrogens with one attached hydrogen (secondary N) is 2. The first-order valence-electron chi connectivity index (χ1n) is 11.1. The molecular weight excluding hydrogens is 433 g/mol. The minimum absolute atomic E-state index is 0.179. The van der Waals surface area contributed by atoms with Crippen molar-refractivity contribution in [2.24, 2.45) is 0 Å². The van der Waals surface area contributed by atoms with E-state index in [2.05, 4.69) is 15.5 Å². The molecule has 2 aliphatic rings. The van der Waals surface area contributed by atoms with E-state index in [-0.39, 0.29) is 24.3 Å². The first kappa shape index (κ1) is 23.1. The molecule has 0 spiro atoms. The number of benzene rings is 2. The minimum Gasteiger partial charge on any atom is -0.369 e. The Labute approximate surface area is 190 Å². The van der Waals surface area contributed by atoms with Gasteiger partial charge in [0.1, 0.15) is 0 Å². The monoisotopic (exact) mass is 460 g/mol. The van der Waals surface area contributed by atoms with E-state index in [1.54, 1.807) is 30.3 Å². The number of carbonyl (C=O) groups is 2. The lowest BCUT2D eigenvalue weighted by Crippen LogP contribution is -2.47. The van der Waals surface area contributed by atoms with Crippen molar-refractivity contribution in [3.8, 4) is 0 Å². The Bertz CT molecular complexity index is 999. The molecule has 4 rings (SSSR count). The van der Waals surface area contributed by atoms with Crippen LogP contribution in [0.4, 0.5) is 24.5 Å². The number of nitrogens with zero attached hydrogens (tertiary/aromatic N) is 2. The van der Waals surface area contributed by atoms with Crippen LogP contribution in [0, 0.1) is 0 Å². The van der Waals surface area contributed by atoms with Gasteiger partial charge in [-0.3, -0.25) is 14.5 Å². The number of piperazine rings is 1. The molecule has 9 heteroatoms. The molecule has 176 valence electrons. The Hall–Kier alpha value is -3.07. The van der Waals surface area contributed by atoms with Crippen molar-refractivity contribution in [3.05, 3.63) is 59.7 Å². The van der Waals surface area contributed by atoms with Gasteiger partial charge in [-0.05, 0) is 43.2 Å². The number of carbonyl (C=O) groups excluding carboxylic acids is 2. The van der Waals surface area contributed by atoms with E-state index in [1.807, 2.05) is 4.90 Å². The number of alkyl halides is 3. The van der Waals surface area contributed by atoms with Gasteiger partial charge in [0, 0.05) is 50.9 Å². The second kappa shape index (κ2) is 9.82. The summed E-state index contributed by atoms with van der Waals surface area (Å²) in [4.78, 5) is 28.9. The average Bonchev–Trinajstić information content (AvgIpc) is 3.62. The fraction of sp³-hybridized carbons (Fsp3) is 0.417. The molecule has 6 nitrogen and oxygen atoms in total. The lowest BCUT2D eigenvalue weighted by molar-refractivity contribution is -0.137. The summed E-state index contributed by atoms with van der Waals surface area (Å²) in [6, 6.07) is 12.6. The predicted octanol–water partition coefficient (Wildman–Crippen LogP) is 3.75. The summed E-state index contributed by atoms with van der Waals surface area (Å²) in [5.41, 5.74) is 0.857. The molecule has 0 radical (unpaired) electrons. The van der Waals surface area contributed by atoms with Crippen molar-refractivity contribution in [2.45, 2.75) is 31.5 Å². The Kier molecular flexibility index (Phi) is 6.88. The van der Waals surface area contributed by atoms with Crippen LogP contribution in [0.5, 0.6) is 0 Å². The third kappa shape index (κ3) is 6.25. The maximum atomic E-state index is 13.0. The summed E-state index contributed by atoms with van der Waals surface area (Å²) in [6.45, 7) is 3.03. The minimum atomic E-state index is -4.36. The molecule has 1 saturated heterocycles. The standard InChI is InChI=1S/C24H27F3N4O2/c25-24(26,27)17-4-3-5-19(16-17)31-14-12-30(13-15-31)11-10-22(32)29-21-7-2-1-6-20(21)23(33)28-18-8-9-18/h1-7,16,18H,8-15H2,(H,28,33)(H,29,32). The smallest absolute Gasteiger partial charge is 0.369 e. The number of hydrogen-bond acceptors (Lipinski definition) is 4. The Morgan fingerprint density at radius 1 is 0.970 bits per heavy atom. The average molecular weight is 461 g/mol. The van der Waals surface area contributed by atoms with E-state index in [0.717, 1.165) is 18.9 Å². The van der Waals surface area contributed by atoms with Crippen LogP contribution < -0.4 is 15.5 Å². The molecule has 0 bridgehead atoms. The van der Waals surface area contributed by atoms with Crippen molar-refractivity contribution in [2.75, 3.05) is 42.9 Å². The van der Waals surface area contributed by atoms with Gasteiger partial charge < -0.3 is 15.5 Å². The second-order valence-corrected chi connectivity index (χ2v) is 8.47. The SMILES string of the molecule is O=C(CCN1CCN(c2cccc(C(F)(F)F)c2)CC1)Nc1ccccc1C(=O)NC1CC1. The molecule has 1 saturated carbocycles. The van der Waals surface area contributed by atoms with Crippen LogP contribution >= 0.6 is 0 Å². The maximum absolute atomic E-state index is 13.0. The quantitative estimate of drug-likeness (QED) is 0.661. The molecule has 0 aromatic heterocycles. The van der Waals surface area contributed by atoms with Crippen LogP contribution in [0.25, 0.3) is 0 Å². The van der Waals surface area contributed by atoms with E-state index < -0.39 is 11.7 Å². The van der Waals surface area contributed by atoms with Crippen LogP contribution in [0.3, 0.4) is 0 Å². The van der Waals surface area contributed by atoms with Gasteiger partial charge in [0.2, 0.25) is 5.91 Å². The maximum Gasteiger partial charge on any atom is 0.416 e. The lowest BCUT2D eigenvalue weighted by atomic mass is 10.1. The number of rotatable bonds is 7. The zero-order chi connectivity index (χ0) is 23.4. The predicted molar refractivity (Wildman–Crippen MR) is 120 cm³/mol. The highest BCUT2D eigenvalue weighted by molar-refractivity contribution is 6.03. The molecule has 0 unspecified atom stereocenters. The fourth-order valence-corrected chi connectivity index (χ4v) is 3.86. The molecule has 2 aromatic carbocycles. The number of para-hydroxylation sites is 1. The van der Waals surface area contributed by atoms with Crippen molar-refractivity contribution in [1.82, 2.24) is 10.2 Å². The second-order valence-electron chi connectivity index (χ2n) is 8.47. The van der Waals surface area contributed by atoms with Crippen LogP contribution in [0.2, 0.25) is 0 Å². The molecule has 2 aromatic rings. The molecule has 2 fully saturated rings. The molecule has 2 N–H and O–H groups in total. The number of halogens is 3. The Morgan fingerprint density at radius 3 is 2.39 bits per heavy atom. The molecule has 2 amide bonds. The molecule has 1 aliphatic carbocycles. The summed E-state index contributed by atoms with van der Waals surface area (Å²) >= 11 is 0. The third-order valence-corrected chi connectivity index (χ3v) is 5.92. The first-order valence-corrected chi connectivity index (χ1v) is 11.1. The zero-order valence-corrected chi connectivity index (χ0v) is 18.2. The zero-order valence-electron chi connectivity index (χ0n) is 18.2. The first-order chi connectivity index (χ1) is 15.8. The van der Waals surface area contributed by atoms with Crippen LogP contribution in [-0.2, 0) is 11.0 Å². The van der Waals surface area contributed by atoms with E-state index in [1.165, 1.54) is 12.1 Å². The third-order valence-electron chi connectivity index (χ3n) is 5.92. The van der Waals surface area contributed by atoms with Gasteiger partial charge in [-0.25, -0.2) is 0 Å². The van der Waals surface area contributed by atoms with Crippen molar-refractivity contribution in [1.29, 1.82) is 0 Å². The van der Waals surface area contributed by atoms with Crippen molar-refractivity contribution >= 4 is 23.2 Å². The van der Waals surface area contributed by atoms with E-state index >= 15 is 0 Å². The van der Waals surface area contributed by atoms with Gasteiger partial charge in [-0.15, -0.1) is 0 Å². The summed E-state index contributed by atoms with van der Waals surface area (Å²) in [6.07, 6.45) is -2.12. The molecule has 33 heavy (non-hydrogen) atoms. The van der Waals surface area contributed by atoms with Crippen molar-refractivity contribution < 1.29 is 22.8 Å². The summed E-state index contributed by atoms with van der Waals surface area (Å²) in [7, 11) is 0. The fourth-order valence-electron chi connectivity index (χ4n) is 3.86. The van der Waals surface area contributed by atoms with Crippen LogP contribution in [0.1, 0.15) is 35.2 Å². The lowest BCUT2D eigenvalue weighted by Gasteiger charge is -2.36. The van der Waals surface area contributed by atoms with E-state index in [9.17, 15) is 22.8 Å². The highest BCUT2D eigenvalue weighted by atomic mass is 19.4. The number of amides is 2. The van der Waals surface area contributed by atoms with Crippen molar-refractivity contribution in [3.63, 3.8) is 0 Å². The summed E-state index contributed by atoms with van der Waals surface area (Å²) < 4.78 is 38.9. The molecule has 1 aliphatic heterocycles. The Balaban J connectivity index is 1.25. The van der Waals surface area contributed by atoms with Crippen LogP contribution in [-0.4, -0.2) is 55.5 Å². The summed E-state index contributed by atoms with van der Waals surface area (Å²) in [5.74, 6) is -0.360. The van der Waals surface area contributed by atoms with Gasteiger partial charge in [-0.1, -0.05) is 18.2 Å². The number of hydrogen-bond donors (Lipinski definition) is 2. The normalized spacial score (nSPS) is 17.0. The van der Waals surface area contributed by atoms with Gasteiger partial charge in [0.05, 0.1) is 16.8 Å². The van der Waals surface area contributed by atoms with Gasteiger partial charge in [-0.2, -0.15) is 13.2 Å². The highest BCUT2D eigenvalue weighted by Gasteiger charge is 2.31. The molecular formula is C24H27F3N4O2. The number of anilines is 2. The summed E-state index contributed by atoms with van der Waals surface area (Å²) in [5, 5.41) is 5.77. The van der Waals surface area contributed by atoms with Gasteiger partial charge >= 0.3 is 6.18 Å². The van der Waals surface area contributed by atoms with Gasteiger partial charge in [0.25, 0.3) is 5.91 Å². The molecule has 1 heterocycles. The van der Waals surface area contributed by atoms with Gasteiger partial charge in [0.15, 0.2) is 0 Å². The topological polar surface area (TPSA) is 64.7 Å².